The fourth-order valence-corrected chi connectivity index (χ4v) is 2.77. The number of fused-ring (bicyclic) bond motifs is 1. The average Bonchev–Trinajstić information content (AvgIpc) is 2.98. The number of H-pyrrole nitrogens is 1. The molecule has 1 heterocycles. The zero-order chi connectivity index (χ0) is 16.9. The summed E-state index contributed by atoms with van der Waals surface area (Å²) < 4.78 is 13.3. The molecule has 0 amide bonds. The van der Waals surface area contributed by atoms with E-state index in [1.807, 2.05) is 30.1 Å². The van der Waals surface area contributed by atoms with Crippen LogP contribution in [0.25, 0.3) is 10.9 Å². The van der Waals surface area contributed by atoms with Gasteiger partial charge >= 0.3 is 0 Å². The van der Waals surface area contributed by atoms with Gasteiger partial charge in [-0.1, -0.05) is 30.3 Å². The van der Waals surface area contributed by atoms with Gasteiger partial charge in [-0.25, -0.2) is 4.39 Å². The Kier molecular flexibility index (Phi) is 4.79. The Morgan fingerprint density at radius 3 is 2.75 bits per heavy atom. The van der Waals surface area contributed by atoms with Gasteiger partial charge in [-0.3, -0.25) is 4.99 Å². The van der Waals surface area contributed by atoms with Gasteiger partial charge in [-0.15, -0.1) is 0 Å². The Morgan fingerprint density at radius 2 is 2.00 bits per heavy atom. The van der Waals surface area contributed by atoms with Crippen molar-refractivity contribution in [2.45, 2.75) is 13.1 Å². The Labute approximate surface area is 141 Å². The van der Waals surface area contributed by atoms with Crippen molar-refractivity contribution in [3.8, 4) is 0 Å². The molecule has 0 aliphatic rings. The van der Waals surface area contributed by atoms with Gasteiger partial charge in [0.15, 0.2) is 5.96 Å². The minimum absolute atomic E-state index is 0.220. The van der Waals surface area contributed by atoms with Crippen molar-refractivity contribution in [1.29, 1.82) is 0 Å². The molecule has 2 N–H and O–H groups in total. The lowest BCUT2D eigenvalue weighted by Crippen LogP contribution is -2.38. The Morgan fingerprint density at radius 1 is 1.17 bits per heavy atom. The van der Waals surface area contributed by atoms with Gasteiger partial charge in [0.1, 0.15) is 5.82 Å². The van der Waals surface area contributed by atoms with Crippen LogP contribution in [0.3, 0.4) is 0 Å². The highest BCUT2D eigenvalue weighted by Crippen LogP contribution is 2.14. The predicted octanol–water partition coefficient (Wildman–Crippen LogP) is 3.51. The number of halogens is 1. The number of aromatic nitrogens is 1. The lowest BCUT2D eigenvalue weighted by atomic mass is 10.2. The van der Waals surface area contributed by atoms with Crippen molar-refractivity contribution in [3.63, 3.8) is 0 Å². The number of guanidine groups is 1. The summed E-state index contributed by atoms with van der Waals surface area (Å²) in [6.07, 6.45) is 0. The van der Waals surface area contributed by atoms with E-state index in [9.17, 15) is 4.39 Å². The van der Waals surface area contributed by atoms with Crippen molar-refractivity contribution in [1.82, 2.24) is 15.2 Å². The highest BCUT2D eigenvalue weighted by Gasteiger charge is 2.08. The predicted molar refractivity (Wildman–Crippen MR) is 96.4 cm³/mol. The van der Waals surface area contributed by atoms with E-state index in [1.165, 1.54) is 11.5 Å². The topological polar surface area (TPSA) is 43.4 Å². The van der Waals surface area contributed by atoms with Crippen LogP contribution in [0.5, 0.6) is 0 Å². The number of benzene rings is 2. The smallest absolute Gasteiger partial charge is 0.194 e. The first kappa shape index (κ1) is 16.1. The molecule has 4 nitrogen and oxygen atoms in total. The molecule has 0 bridgehead atoms. The van der Waals surface area contributed by atoms with Crippen LogP contribution in [-0.2, 0) is 13.1 Å². The van der Waals surface area contributed by atoms with E-state index in [1.54, 1.807) is 19.2 Å². The van der Waals surface area contributed by atoms with Crippen molar-refractivity contribution in [3.05, 3.63) is 71.7 Å². The summed E-state index contributed by atoms with van der Waals surface area (Å²) in [5, 5.41) is 4.52. The molecular weight excluding hydrogens is 303 g/mol. The molecule has 24 heavy (non-hydrogen) atoms. The number of nitrogens with one attached hydrogen (secondary N) is 2. The molecule has 0 unspecified atom stereocenters. The molecular formula is C19H21FN4. The second-order valence-electron chi connectivity index (χ2n) is 5.77. The third kappa shape index (κ3) is 3.74. The first-order chi connectivity index (χ1) is 11.7. The van der Waals surface area contributed by atoms with Gasteiger partial charge in [0.05, 0.1) is 6.54 Å². The van der Waals surface area contributed by atoms with Gasteiger partial charge in [0.25, 0.3) is 0 Å². The first-order valence-corrected chi connectivity index (χ1v) is 7.88. The minimum atomic E-state index is -0.220. The Bertz CT molecular complexity index is 820. The second-order valence-corrected chi connectivity index (χ2v) is 5.77. The monoisotopic (exact) mass is 324 g/mol. The fraction of sp³-hybridized carbons (Fsp3) is 0.211. The maximum atomic E-state index is 13.3. The maximum Gasteiger partial charge on any atom is 0.194 e. The molecule has 5 heteroatoms. The number of para-hydroxylation sites is 1. The van der Waals surface area contributed by atoms with Gasteiger partial charge in [-0.05, 0) is 35.2 Å². The van der Waals surface area contributed by atoms with Crippen molar-refractivity contribution >= 4 is 16.9 Å². The first-order valence-electron chi connectivity index (χ1n) is 7.88. The van der Waals surface area contributed by atoms with Crippen LogP contribution in [-0.4, -0.2) is 29.9 Å². The van der Waals surface area contributed by atoms with Crippen molar-refractivity contribution in [2.75, 3.05) is 14.1 Å². The lowest BCUT2D eigenvalue weighted by Gasteiger charge is -2.22. The van der Waals surface area contributed by atoms with Crippen LogP contribution < -0.4 is 5.32 Å². The van der Waals surface area contributed by atoms with Crippen LogP contribution in [0.15, 0.2) is 59.6 Å². The SMILES string of the molecule is CN=C(NCc1cc2ccccc2[nH]1)N(C)Cc1cccc(F)c1. The average molecular weight is 324 g/mol. The van der Waals surface area contributed by atoms with Crippen molar-refractivity contribution < 1.29 is 4.39 Å². The van der Waals surface area contributed by atoms with E-state index in [2.05, 4.69) is 33.5 Å². The number of rotatable bonds is 4. The summed E-state index contributed by atoms with van der Waals surface area (Å²) in [6.45, 7) is 1.24. The van der Waals surface area contributed by atoms with Crippen LogP contribution in [0.2, 0.25) is 0 Å². The van der Waals surface area contributed by atoms with E-state index in [0.29, 0.717) is 13.1 Å². The van der Waals surface area contributed by atoms with Gasteiger partial charge in [-0.2, -0.15) is 0 Å². The zero-order valence-corrected chi connectivity index (χ0v) is 13.9. The van der Waals surface area contributed by atoms with Crippen LogP contribution in [0, 0.1) is 5.82 Å². The summed E-state index contributed by atoms with van der Waals surface area (Å²) in [5.74, 6) is 0.542. The maximum absolute atomic E-state index is 13.3. The molecule has 0 saturated carbocycles. The van der Waals surface area contributed by atoms with Crippen molar-refractivity contribution in [2.24, 2.45) is 4.99 Å². The number of nitrogens with zero attached hydrogens (tertiary/aromatic N) is 2. The van der Waals surface area contributed by atoms with Gasteiger partial charge in [0, 0.05) is 31.9 Å². The summed E-state index contributed by atoms with van der Waals surface area (Å²) in [7, 11) is 3.68. The third-order valence-corrected chi connectivity index (χ3v) is 3.90. The van der Waals surface area contributed by atoms with E-state index in [-0.39, 0.29) is 5.82 Å². The van der Waals surface area contributed by atoms with E-state index < -0.39 is 0 Å². The molecule has 0 radical (unpaired) electrons. The molecule has 0 saturated heterocycles. The van der Waals surface area contributed by atoms with Gasteiger partial charge < -0.3 is 15.2 Å². The largest absolute Gasteiger partial charge is 0.357 e. The normalized spacial score (nSPS) is 11.7. The molecule has 0 atom stereocenters. The standard InChI is InChI=1S/C19H21FN4/c1-21-19(24(2)13-14-6-5-8-16(20)10-14)22-12-17-11-15-7-3-4-9-18(15)23-17/h3-11,23H,12-13H2,1-2H3,(H,21,22). The summed E-state index contributed by atoms with van der Waals surface area (Å²) in [6, 6.07) is 16.9. The van der Waals surface area contributed by atoms with E-state index >= 15 is 0 Å². The summed E-state index contributed by atoms with van der Waals surface area (Å²) in [5.41, 5.74) is 3.12. The summed E-state index contributed by atoms with van der Waals surface area (Å²) in [4.78, 5) is 9.65. The number of hydrogen-bond acceptors (Lipinski definition) is 1. The molecule has 0 aliphatic heterocycles. The Hall–Kier alpha value is -2.82. The van der Waals surface area contributed by atoms with Crippen LogP contribution >= 0.6 is 0 Å². The fourth-order valence-electron chi connectivity index (χ4n) is 2.77. The molecule has 3 rings (SSSR count). The number of aromatic amines is 1. The summed E-state index contributed by atoms with van der Waals surface area (Å²) >= 11 is 0. The minimum Gasteiger partial charge on any atom is -0.357 e. The molecule has 0 spiro atoms. The van der Waals surface area contributed by atoms with Crippen LogP contribution in [0.1, 0.15) is 11.3 Å². The van der Waals surface area contributed by atoms with Gasteiger partial charge in [0.2, 0.25) is 0 Å². The molecule has 3 aromatic rings. The molecule has 1 aromatic heterocycles. The lowest BCUT2D eigenvalue weighted by molar-refractivity contribution is 0.474. The Balaban J connectivity index is 1.63. The number of hydrogen-bond donors (Lipinski definition) is 2. The quantitative estimate of drug-likeness (QED) is 0.570. The molecule has 0 fully saturated rings. The third-order valence-electron chi connectivity index (χ3n) is 3.90. The molecule has 2 aromatic carbocycles. The molecule has 124 valence electrons. The zero-order valence-electron chi connectivity index (χ0n) is 13.9. The molecule has 0 aliphatic carbocycles. The highest BCUT2D eigenvalue weighted by molar-refractivity contribution is 5.81. The van der Waals surface area contributed by atoms with Crippen LogP contribution in [0.4, 0.5) is 4.39 Å². The highest BCUT2D eigenvalue weighted by atomic mass is 19.1. The second kappa shape index (κ2) is 7.17. The van der Waals surface area contributed by atoms with E-state index in [4.69, 9.17) is 0 Å². The number of aliphatic imine (C=N–C) groups is 1. The van der Waals surface area contributed by atoms with E-state index in [0.717, 1.165) is 22.7 Å².